The van der Waals surface area contributed by atoms with E-state index in [0.717, 1.165) is 24.3 Å². The van der Waals surface area contributed by atoms with Crippen molar-refractivity contribution in [3.63, 3.8) is 0 Å². The van der Waals surface area contributed by atoms with Crippen LogP contribution in [-0.2, 0) is 4.79 Å². The van der Waals surface area contributed by atoms with Crippen LogP contribution < -0.4 is 4.90 Å². The number of carbonyl (C=O) groups is 1. The molecule has 0 bridgehead atoms. The van der Waals surface area contributed by atoms with Gasteiger partial charge >= 0.3 is 0 Å². The van der Waals surface area contributed by atoms with Crippen LogP contribution in [0.4, 0.5) is 5.69 Å². The van der Waals surface area contributed by atoms with Gasteiger partial charge in [-0.05, 0) is 30.7 Å². The Morgan fingerprint density at radius 3 is 2.76 bits per heavy atom. The Bertz CT molecular complexity index is 533. The molecule has 86 valence electrons. The first kappa shape index (κ1) is 10.1. The van der Waals surface area contributed by atoms with Crippen LogP contribution in [0.3, 0.4) is 0 Å². The number of nitrogens with zero attached hydrogens (tertiary/aromatic N) is 3. The lowest BCUT2D eigenvalue weighted by Gasteiger charge is -2.16. The summed E-state index contributed by atoms with van der Waals surface area (Å²) in [5.74, 6) is 0.211. The summed E-state index contributed by atoms with van der Waals surface area (Å²) in [5.41, 5.74) is 1.94. The smallest absolute Gasteiger partial charge is 0.227 e. The molecule has 4 nitrogen and oxygen atoms in total. The number of aromatic nitrogens is 2. The maximum absolute atomic E-state index is 11.7. The van der Waals surface area contributed by atoms with Crippen LogP contribution in [-0.4, -0.2) is 22.2 Å². The van der Waals surface area contributed by atoms with Crippen LogP contribution in [0, 0.1) is 0 Å². The highest BCUT2D eigenvalue weighted by atomic mass is 16.2. The number of benzene rings is 1. The maximum Gasteiger partial charge on any atom is 0.227 e. The van der Waals surface area contributed by atoms with E-state index >= 15 is 0 Å². The summed E-state index contributed by atoms with van der Waals surface area (Å²) in [5, 5.41) is 4.19. The van der Waals surface area contributed by atoms with Crippen LogP contribution in [0.25, 0.3) is 5.69 Å². The van der Waals surface area contributed by atoms with Gasteiger partial charge < -0.3 is 4.90 Å². The van der Waals surface area contributed by atoms with E-state index in [1.54, 1.807) is 10.9 Å². The van der Waals surface area contributed by atoms with Gasteiger partial charge in [0.05, 0.1) is 5.69 Å². The van der Waals surface area contributed by atoms with Gasteiger partial charge in [-0.15, -0.1) is 0 Å². The van der Waals surface area contributed by atoms with E-state index in [1.165, 1.54) is 0 Å². The molecule has 17 heavy (non-hydrogen) atoms. The van der Waals surface area contributed by atoms with Gasteiger partial charge in [-0.25, -0.2) is 4.68 Å². The van der Waals surface area contributed by atoms with E-state index in [-0.39, 0.29) is 5.91 Å². The van der Waals surface area contributed by atoms with E-state index in [1.807, 2.05) is 41.4 Å². The first-order chi connectivity index (χ1) is 8.34. The Morgan fingerprint density at radius 2 is 2.06 bits per heavy atom. The number of anilines is 1. The van der Waals surface area contributed by atoms with Gasteiger partial charge in [0.2, 0.25) is 5.91 Å². The van der Waals surface area contributed by atoms with Crippen molar-refractivity contribution in [1.29, 1.82) is 0 Å². The van der Waals surface area contributed by atoms with Gasteiger partial charge in [0.15, 0.2) is 0 Å². The zero-order valence-electron chi connectivity index (χ0n) is 9.41. The van der Waals surface area contributed by atoms with Crippen LogP contribution >= 0.6 is 0 Å². The fourth-order valence-electron chi connectivity index (χ4n) is 2.15. The van der Waals surface area contributed by atoms with Crippen molar-refractivity contribution in [2.45, 2.75) is 12.8 Å². The monoisotopic (exact) mass is 227 g/mol. The molecule has 0 atom stereocenters. The summed E-state index contributed by atoms with van der Waals surface area (Å²) in [7, 11) is 0. The van der Waals surface area contributed by atoms with Crippen molar-refractivity contribution in [2.24, 2.45) is 0 Å². The maximum atomic E-state index is 11.7. The first-order valence-corrected chi connectivity index (χ1v) is 5.75. The minimum absolute atomic E-state index is 0.211. The normalized spacial score (nSPS) is 15.5. The van der Waals surface area contributed by atoms with Crippen molar-refractivity contribution in [1.82, 2.24) is 9.78 Å². The lowest BCUT2D eigenvalue weighted by Crippen LogP contribution is -2.23. The first-order valence-electron chi connectivity index (χ1n) is 5.75. The van der Waals surface area contributed by atoms with Crippen molar-refractivity contribution in [2.75, 3.05) is 11.4 Å². The van der Waals surface area contributed by atoms with Crippen LogP contribution in [0.5, 0.6) is 0 Å². The molecule has 1 saturated heterocycles. The van der Waals surface area contributed by atoms with E-state index in [4.69, 9.17) is 0 Å². The second kappa shape index (κ2) is 4.05. The van der Waals surface area contributed by atoms with Gasteiger partial charge in [-0.3, -0.25) is 4.79 Å². The van der Waals surface area contributed by atoms with E-state index in [0.29, 0.717) is 6.42 Å². The van der Waals surface area contributed by atoms with Gasteiger partial charge in [0.1, 0.15) is 0 Å². The zero-order chi connectivity index (χ0) is 11.7. The number of rotatable bonds is 2. The second-order valence-electron chi connectivity index (χ2n) is 4.12. The average Bonchev–Trinajstić information content (AvgIpc) is 2.99. The summed E-state index contributed by atoms with van der Waals surface area (Å²) >= 11 is 0. The molecule has 1 aromatic heterocycles. The summed E-state index contributed by atoms with van der Waals surface area (Å²) in [6.45, 7) is 0.821. The van der Waals surface area contributed by atoms with Gasteiger partial charge in [0, 0.05) is 31.0 Å². The third-order valence-electron chi connectivity index (χ3n) is 2.98. The summed E-state index contributed by atoms with van der Waals surface area (Å²) in [4.78, 5) is 13.5. The molecule has 4 heteroatoms. The number of hydrogen-bond donors (Lipinski definition) is 0. The highest BCUT2D eigenvalue weighted by molar-refractivity contribution is 5.95. The molecule has 1 amide bonds. The average molecular weight is 227 g/mol. The highest BCUT2D eigenvalue weighted by Gasteiger charge is 2.21. The van der Waals surface area contributed by atoms with Gasteiger partial charge in [-0.1, -0.05) is 6.07 Å². The molecule has 1 aliphatic heterocycles. The molecule has 0 spiro atoms. The zero-order valence-corrected chi connectivity index (χ0v) is 9.41. The van der Waals surface area contributed by atoms with E-state index in [2.05, 4.69) is 5.10 Å². The van der Waals surface area contributed by atoms with Crippen molar-refractivity contribution in [3.8, 4) is 5.69 Å². The standard InChI is InChI=1S/C13H13N3O/c17-13-6-2-8-15(13)11-4-1-5-12(10-11)16-9-3-7-14-16/h1,3-5,7,9-10H,2,6,8H2. The van der Waals surface area contributed by atoms with Crippen molar-refractivity contribution >= 4 is 11.6 Å². The van der Waals surface area contributed by atoms with Gasteiger partial charge in [-0.2, -0.15) is 5.10 Å². The molecule has 2 heterocycles. The third kappa shape index (κ3) is 1.82. The molecule has 0 radical (unpaired) electrons. The highest BCUT2D eigenvalue weighted by Crippen LogP contribution is 2.23. The number of amides is 1. The predicted molar refractivity (Wildman–Crippen MR) is 65.2 cm³/mol. The topological polar surface area (TPSA) is 38.1 Å². The van der Waals surface area contributed by atoms with E-state index in [9.17, 15) is 4.79 Å². The molecule has 1 fully saturated rings. The summed E-state index contributed by atoms with van der Waals surface area (Å²) in [6.07, 6.45) is 5.25. The van der Waals surface area contributed by atoms with Crippen LogP contribution in [0.2, 0.25) is 0 Å². The quantitative estimate of drug-likeness (QED) is 0.787. The largest absolute Gasteiger partial charge is 0.312 e. The lowest BCUT2D eigenvalue weighted by molar-refractivity contribution is -0.117. The van der Waals surface area contributed by atoms with Crippen LogP contribution in [0.15, 0.2) is 42.7 Å². The lowest BCUT2D eigenvalue weighted by atomic mass is 10.2. The minimum atomic E-state index is 0.211. The molecule has 0 saturated carbocycles. The molecule has 0 unspecified atom stereocenters. The Hall–Kier alpha value is -2.10. The molecule has 0 aliphatic carbocycles. The Kier molecular flexibility index (Phi) is 2.40. The SMILES string of the molecule is O=C1CCCN1c1cccc(-n2cccn2)c1. The fraction of sp³-hybridized carbons (Fsp3) is 0.231. The Labute approximate surface area is 99.5 Å². The van der Waals surface area contributed by atoms with Crippen molar-refractivity contribution < 1.29 is 4.79 Å². The predicted octanol–water partition coefficient (Wildman–Crippen LogP) is 2.00. The molecule has 3 rings (SSSR count). The summed E-state index contributed by atoms with van der Waals surface area (Å²) in [6, 6.07) is 9.79. The molecule has 0 N–H and O–H groups in total. The van der Waals surface area contributed by atoms with Crippen LogP contribution in [0.1, 0.15) is 12.8 Å². The number of carbonyl (C=O) groups excluding carboxylic acids is 1. The second-order valence-corrected chi connectivity index (χ2v) is 4.12. The molecule has 2 aromatic rings. The molecular formula is C13H13N3O. The van der Waals surface area contributed by atoms with Gasteiger partial charge in [0.25, 0.3) is 0 Å². The molecule has 1 aromatic carbocycles. The number of hydrogen-bond acceptors (Lipinski definition) is 2. The molecular weight excluding hydrogens is 214 g/mol. The fourth-order valence-corrected chi connectivity index (χ4v) is 2.15. The van der Waals surface area contributed by atoms with Crippen molar-refractivity contribution in [3.05, 3.63) is 42.7 Å². The third-order valence-corrected chi connectivity index (χ3v) is 2.98. The molecule has 1 aliphatic rings. The van der Waals surface area contributed by atoms with E-state index < -0.39 is 0 Å². The Balaban J connectivity index is 1.97. The minimum Gasteiger partial charge on any atom is -0.312 e. The Morgan fingerprint density at radius 1 is 1.18 bits per heavy atom. The summed E-state index contributed by atoms with van der Waals surface area (Å²) < 4.78 is 1.80.